The molecule has 82 valence electrons. The van der Waals surface area contributed by atoms with Crippen LogP contribution in [0.15, 0.2) is 47.8 Å². The Morgan fingerprint density at radius 1 is 1.19 bits per heavy atom. The SMILES string of the molecule is O=C(O)Nc1ccc[s+]1Cc1ccccc1. The summed E-state index contributed by atoms with van der Waals surface area (Å²) in [5, 5.41) is 13.9. The summed E-state index contributed by atoms with van der Waals surface area (Å²) in [6, 6.07) is 13.8. The molecule has 2 aromatic rings. The van der Waals surface area contributed by atoms with Crippen LogP contribution in [0.3, 0.4) is 0 Å². The Labute approximate surface area is 96.3 Å². The van der Waals surface area contributed by atoms with Crippen LogP contribution in [0, 0.1) is 0 Å². The van der Waals surface area contributed by atoms with Crippen molar-refractivity contribution in [1.82, 2.24) is 0 Å². The quantitative estimate of drug-likeness (QED) is 0.797. The molecule has 1 heterocycles. The monoisotopic (exact) mass is 234 g/mol. The van der Waals surface area contributed by atoms with Crippen LogP contribution in [0.1, 0.15) is 5.56 Å². The molecule has 1 atom stereocenters. The zero-order valence-electron chi connectivity index (χ0n) is 8.59. The van der Waals surface area contributed by atoms with Crippen molar-refractivity contribution in [3.05, 3.63) is 53.4 Å². The molecular formula is C12H12NO2S+. The minimum absolute atomic E-state index is 0.148. The van der Waals surface area contributed by atoms with Crippen molar-refractivity contribution in [2.24, 2.45) is 0 Å². The Morgan fingerprint density at radius 2 is 1.94 bits per heavy atom. The maximum Gasteiger partial charge on any atom is 0.412 e. The number of hydrogen-bond donors (Lipinski definition) is 2. The van der Waals surface area contributed by atoms with Gasteiger partial charge in [0.05, 0.1) is 0 Å². The summed E-state index contributed by atoms with van der Waals surface area (Å²) in [6.45, 7) is 0. The molecule has 1 aromatic carbocycles. The van der Waals surface area contributed by atoms with Crippen molar-refractivity contribution in [2.75, 3.05) is 5.32 Å². The lowest BCUT2D eigenvalue weighted by Gasteiger charge is -1.96. The van der Waals surface area contributed by atoms with Gasteiger partial charge in [-0.3, -0.25) is 0 Å². The molecule has 16 heavy (non-hydrogen) atoms. The lowest BCUT2D eigenvalue weighted by Crippen LogP contribution is -2.06. The van der Waals surface area contributed by atoms with Gasteiger partial charge in [0.15, 0.2) is 5.75 Å². The first-order valence-corrected chi connectivity index (χ1v) is 6.33. The first-order valence-electron chi connectivity index (χ1n) is 4.88. The summed E-state index contributed by atoms with van der Waals surface area (Å²) >= 11 is 0. The molecule has 0 aliphatic heterocycles. The number of benzene rings is 1. The van der Waals surface area contributed by atoms with Gasteiger partial charge in [-0.05, 0) is 6.07 Å². The van der Waals surface area contributed by atoms with E-state index in [1.165, 1.54) is 5.56 Å². The second kappa shape index (κ2) is 4.81. The van der Waals surface area contributed by atoms with E-state index in [1.54, 1.807) is 0 Å². The normalized spacial score (nSPS) is 11.1. The summed E-state index contributed by atoms with van der Waals surface area (Å²) < 4.78 is 0. The van der Waals surface area contributed by atoms with E-state index in [9.17, 15) is 4.79 Å². The second-order valence-corrected chi connectivity index (χ2v) is 5.21. The van der Waals surface area contributed by atoms with E-state index in [2.05, 4.69) is 17.4 Å². The minimum Gasteiger partial charge on any atom is -0.465 e. The fourth-order valence-electron chi connectivity index (χ4n) is 1.47. The van der Waals surface area contributed by atoms with Crippen LogP contribution < -0.4 is 5.32 Å². The summed E-state index contributed by atoms with van der Waals surface area (Å²) in [4.78, 5) is 10.6. The number of carboxylic acid groups (broad SMARTS) is 1. The highest BCUT2D eigenvalue weighted by atomic mass is 32.2. The third-order valence-electron chi connectivity index (χ3n) is 2.17. The van der Waals surface area contributed by atoms with Crippen molar-refractivity contribution in [3.63, 3.8) is 0 Å². The molecule has 0 aliphatic carbocycles. The topological polar surface area (TPSA) is 49.3 Å². The van der Waals surface area contributed by atoms with Crippen LogP contribution >= 0.6 is 10.5 Å². The van der Waals surface area contributed by atoms with Crippen LogP contribution in [-0.2, 0) is 5.75 Å². The molecule has 0 spiro atoms. The molecule has 4 heteroatoms. The molecule has 0 bridgehead atoms. The average Bonchev–Trinajstić information content (AvgIpc) is 2.66. The van der Waals surface area contributed by atoms with Gasteiger partial charge in [-0.1, -0.05) is 30.3 Å². The van der Waals surface area contributed by atoms with Gasteiger partial charge in [-0.2, -0.15) is 0 Å². The van der Waals surface area contributed by atoms with Gasteiger partial charge in [0, 0.05) is 22.1 Å². The number of amides is 1. The predicted molar refractivity (Wildman–Crippen MR) is 66.1 cm³/mol. The smallest absolute Gasteiger partial charge is 0.412 e. The maximum absolute atomic E-state index is 10.6. The van der Waals surface area contributed by atoms with Crippen molar-refractivity contribution in [1.29, 1.82) is 0 Å². The minimum atomic E-state index is -1.000. The first-order chi connectivity index (χ1) is 7.75. The van der Waals surface area contributed by atoms with E-state index in [0.29, 0.717) is 0 Å². The lowest BCUT2D eigenvalue weighted by molar-refractivity contribution is 0.210. The number of nitrogens with one attached hydrogen (secondary N) is 1. The van der Waals surface area contributed by atoms with E-state index in [0.717, 1.165) is 10.8 Å². The Morgan fingerprint density at radius 3 is 2.62 bits per heavy atom. The van der Waals surface area contributed by atoms with Gasteiger partial charge in [0.2, 0.25) is 5.00 Å². The van der Waals surface area contributed by atoms with Gasteiger partial charge in [0.1, 0.15) is 5.38 Å². The zero-order chi connectivity index (χ0) is 11.4. The van der Waals surface area contributed by atoms with Crippen LogP contribution in [0.5, 0.6) is 0 Å². The van der Waals surface area contributed by atoms with Crippen LogP contribution in [0.25, 0.3) is 0 Å². The first kappa shape index (κ1) is 10.7. The van der Waals surface area contributed by atoms with Gasteiger partial charge in [-0.15, -0.1) is 0 Å². The molecule has 2 N–H and O–H groups in total. The molecular weight excluding hydrogens is 222 g/mol. The summed E-state index contributed by atoms with van der Waals surface area (Å²) in [6.07, 6.45) is -1.000. The molecule has 3 nitrogen and oxygen atoms in total. The van der Waals surface area contributed by atoms with Crippen molar-refractivity contribution >= 4 is 21.6 Å². The number of thiophene rings is 1. The van der Waals surface area contributed by atoms with Crippen LogP contribution in [-0.4, -0.2) is 11.2 Å². The van der Waals surface area contributed by atoms with E-state index < -0.39 is 6.09 Å². The van der Waals surface area contributed by atoms with Crippen molar-refractivity contribution in [2.45, 2.75) is 5.75 Å². The van der Waals surface area contributed by atoms with E-state index in [1.807, 2.05) is 35.7 Å². The molecule has 0 saturated carbocycles. The maximum atomic E-state index is 10.6. The number of anilines is 1. The lowest BCUT2D eigenvalue weighted by atomic mass is 10.2. The zero-order valence-corrected chi connectivity index (χ0v) is 9.41. The highest BCUT2D eigenvalue weighted by Crippen LogP contribution is 2.33. The number of carbonyl (C=O) groups is 1. The van der Waals surface area contributed by atoms with E-state index in [-0.39, 0.29) is 10.5 Å². The molecule has 2 rings (SSSR count). The molecule has 0 fully saturated rings. The Balaban J connectivity index is 2.16. The van der Waals surface area contributed by atoms with Crippen LogP contribution in [0.2, 0.25) is 0 Å². The Kier molecular flexibility index (Phi) is 3.22. The third-order valence-corrected chi connectivity index (χ3v) is 4.10. The molecule has 0 aliphatic rings. The number of hydrogen-bond acceptors (Lipinski definition) is 1. The highest BCUT2D eigenvalue weighted by Gasteiger charge is 2.15. The van der Waals surface area contributed by atoms with E-state index in [4.69, 9.17) is 5.11 Å². The standard InChI is InChI=1S/C12H11NO2S/c14-12(15)13-11-7-4-8-16(11)9-10-5-2-1-3-6-10/h1-8,13H,9H2/p+1. The fraction of sp³-hybridized carbons (Fsp3) is 0.0833. The van der Waals surface area contributed by atoms with Crippen molar-refractivity contribution < 1.29 is 9.90 Å². The molecule has 1 unspecified atom stereocenters. The highest BCUT2D eigenvalue weighted by molar-refractivity contribution is 7.33. The second-order valence-electron chi connectivity index (χ2n) is 3.35. The van der Waals surface area contributed by atoms with Crippen LogP contribution in [0.4, 0.5) is 9.80 Å². The fourth-order valence-corrected chi connectivity index (χ4v) is 3.16. The predicted octanol–water partition coefficient (Wildman–Crippen LogP) is 3.57. The van der Waals surface area contributed by atoms with E-state index >= 15 is 0 Å². The largest absolute Gasteiger partial charge is 0.465 e. The van der Waals surface area contributed by atoms with Gasteiger partial charge >= 0.3 is 6.09 Å². The Hall–Kier alpha value is -1.81. The summed E-state index contributed by atoms with van der Waals surface area (Å²) in [5.41, 5.74) is 1.22. The molecule has 0 radical (unpaired) electrons. The number of rotatable bonds is 3. The Bertz CT molecular complexity index is 479. The third kappa shape index (κ3) is 2.61. The van der Waals surface area contributed by atoms with Gasteiger partial charge < -0.3 is 5.11 Å². The van der Waals surface area contributed by atoms with Gasteiger partial charge in [0.25, 0.3) is 0 Å². The van der Waals surface area contributed by atoms with Gasteiger partial charge in [-0.25, -0.2) is 10.1 Å². The molecule has 0 saturated heterocycles. The molecule has 1 aromatic heterocycles. The summed E-state index contributed by atoms with van der Waals surface area (Å²) in [7, 11) is -0.148. The van der Waals surface area contributed by atoms with Crippen molar-refractivity contribution in [3.8, 4) is 0 Å². The summed E-state index contributed by atoms with van der Waals surface area (Å²) in [5.74, 6) is 0.851. The molecule has 1 amide bonds. The average molecular weight is 234 g/mol.